The largest absolute Gasteiger partial charge is 0.476 e. The van der Waals surface area contributed by atoms with Crippen LogP contribution >= 0.6 is 0 Å². The molecular weight excluding hydrogens is 813 g/mol. The Hall–Kier alpha value is -5.50. The third kappa shape index (κ3) is 21.0. The lowest BCUT2D eigenvalue weighted by atomic mass is 9.91. The molecule has 0 bridgehead atoms. The average molecular weight is 885 g/mol. The SMILES string of the molecule is CC(C)(C)OC(=O)N[C@H]1CCC[C@@H](N)C1.Cn1cnc(C(=O)N[C@@H]2CCC[C@H](N)C2)c1.Cn1cnc(C(=O)N[C@@H]2CCC[C@H](NC(=O)OC(C)(C)C)C2)c1.Cn1cnc(C(=O)O)c1. The van der Waals surface area contributed by atoms with Gasteiger partial charge in [0.05, 0.1) is 19.0 Å². The number of aromatic nitrogens is 6. The van der Waals surface area contributed by atoms with E-state index in [1.165, 1.54) is 12.5 Å². The number of nitrogens with two attached hydrogens (primary N) is 2. The van der Waals surface area contributed by atoms with Gasteiger partial charge in [-0.05, 0) is 119 Å². The highest BCUT2D eigenvalue weighted by atomic mass is 16.6. The first-order valence-corrected chi connectivity index (χ1v) is 21.7. The predicted molar refractivity (Wildman–Crippen MR) is 237 cm³/mol. The molecule has 3 heterocycles. The van der Waals surface area contributed by atoms with Crippen molar-refractivity contribution in [3.63, 3.8) is 0 Å². The van der Waals surface area contributed by atoms with Gasteiger partial charge in [-0.15, -0.1) is 0 Å². The minimum absolute atomic E-state index is 0.0210. The van der Waals surface area contributed by atoms with Crippen molar-refractivity contribution in [3.8, 4) is 0 Å². The van der Waals surface area contributed by atoms with Crippen LogP contribution in [0.1, 0.15) is 150 Å². The lowest BCUT2D eigenvalue weighted by Gasteiger charge is -2.31. The summed E-state index contributed by atoms with van der Waals surface area (Å²) < 4.78 is 15.6. The predicted octanol–water partition coefficient (Wildman–Crippen LogP) is 4.30. The molecule has 0 saturated heterocycles. The summed E-state index contributed by atoms with van der Waals surface area (Å²) in [5, 5.41) is 20.1. The zero-order valence-electron chi connectivity index (χ0n) is 38.6. The van der Waals surface area contributed by atoms with Crippen molar-refractivity contribution < 1.29 is 38.6 Å². The lowest BCUT2D eigenvalue weighted by molar-refractivity contribution is 0.0477. The Bertz CT molecular complexity index is 1910. The second-order valence-corrected chi connectivity index (χ2v) is 18.6. The molecule has 3 fully saturated rings. The van der Waals surface area contributed by atoms with Gasteiger partial charge in [0, 0.05) is 76.0 Å². The maximum absolute atomic E-state index is 12.1. The summed E-state index contributed by atoms with van der Waals surface area (Å²) in [7, 11) is 5.39. The fraction of sp³-hybridized carbons (Fsp3) is 0.674. The third-order valence-electron chi connectivity index (χ3n) is 10.0. The molecule has 3 aromatic rings. The number of hydrogen-bond acceptors (Lipinski definition) is 12. The molecule has 20 heteroatoms. The third-order valence-corrected chi connectivity index (χ3v) is 10.0. The first-order valence-electron chi connectivity index (χ1n) is 21.7. The van der Waals surface area contributed by atoms with Crippen molar-refractivity contribution >= 4 is 30.0 Å². The number of nitrogens with zero attached hydrogens (tertiary/aromatic N) is 6. The van der Waals surface area contributed by atoms with Gasteiger partial charge in [-0.1, -0.05) is 0 Å². The summed E-state index contributed by atoms with van der Waals surface area (Å²) >= 11 is 0. The van der Waals surface area contributed by atoms with Crippen LogP contribution in [0.2, 0.25) is 0 Å². The monoisotopic (exact) mass is 885 g/mol. The number of carbonyl (C=O) groups is 5. The van der Waals surface area contributed by atoms with E-state index in [9.17, 15) is 24.0 Å². The zero-order valence-corrected chi connectivity index (χ0v) is 38.6. The lowest BCUT2D eigenvalue weighted by Crippen LogP contribution is -2.47. The Morgan fingerprint density at radius 1 is 0.556 bits per heavy atom. The standard InChI is InChI=1S/C16H26N4O3.C11H18N4O.C11H22N2O2.C5H6N2O2/c1-16(2,3)23-15(22)19-12-7-5-6-11(8-12)18-14(21)13-9-20(4)10-17-13;1-15-6-10(13-7-15)11(16)14-9-4-2-3-8(12)5-9;1-11(2,3)15-10(14)13-9-6-4-5-8(12)7-9;1-7-2-4(5(8)9)6-3-7/h9-12H,5-8H2,1-4H3,(H,18,21)(H,19,22);6-9H,2-5,12H2,1H3,(H,14,16);8-9H,4-7,12H2,1-3H3,(H,13,14);2-3H,1H3,(H,8,9)/t11-,12+;2*8-,9+;/m101./s1. The topological polar surface area (TPSA) is 278 Å². The van der Waals surface area contributed by atoms with Crippen LogP contribution in [-0.4, -0.2) is 111 Å². The second-order valence-electron chi connectivity index (χ2n) is 18.6. The summed E-state index contributed by atoms with van der Waals surface area (Å²) in [6.07, 6.45) is 20.3. The molecule has 4 amide bonds. The van der Waals surface area contributed by atoms with Gasteiger partial charge in [0.2, 0.25) is 0 Å². The molecule has 3 aromatic heterocycles. The highest BCUT2D eigenvalue weighted by Crippen LogP contribution is 2.21. The van der Waals surface area contributed by atoms with Crippen LogP contribution in [0.4, 0.5) is 9.59 Å². The van der Waals surface area contributed by atoms with Crippen LogP contribution in [0.3, 0.4) is 0 Å². The number of carboxylic acid groups (broad SMARTS) is 1. The van der Waals surface area contributed by atoms with Crippen molar-refractivity contribution in [2.45, 2.75) is 166 Å². The Morgan fingerprint density at radius 3 is 1.17 bits per heavy atom. The van der Waals surface area contributed by atoms with Crippen LogP contribution in [-0.2, 0) is 30.6 Å². The van der Waals surface area contributed by atoms with Crippen LogP contribution in [0.25, 0.3) is 0 Å². The first kappa shape index (κ1) is 51.8. The Morgan fingerprint density at radius 2 is 0.873 bits per heavy atom. The Kier molecular flexibility index (Phi) is 20.1. The molecule has 0 radical (unpaired) electrons. The highest BCUT2D eigenvalue weighted by Gasteiger charge is 2.28. The molecule has 3 saturated carbocycles. The van der Waals surface area contributed by atoms with Crippen LogP contribution in [0, 0.1) is 0 Å². The van der Waals surface area contributed by atoms with Crippen LogP contribution in [0.5, 0.6) is 0 Å². The summed E-state index contributed by atoms with van der Waals surface area (Å²) in [5.41, 5.74) is 11.7. The minimum atomic E-state index is -0.990. The Labute approximate surface area is 371 Å². The van der Waals surface area contributed by atoms with E-state index in [0.717, 1.165) is 70.6 Å². The minimum Gasteiger partial charge on any atom is -0.476 e. The van der Waals surface area contributed by atoms with E-state index in [1.54, 1.807) is 45.8 Å². The van der Waals surface area contributed by atoms with Crippen molar-refractivity contribution in [1.29, 1.82) is 0 Å². The van der Waals surface area contributed by atoms with Crippen molar-refractivity contribution in [2.24, 2.45) is 32.6 Å². The van der Waals surface area contributed by atoms with Gasteiger partial charge in [0.1, 0.15) is 22.6 Å². The fourth-order valence-electron chi connectivity index (χ4n) is 7.22. The molecule has 6 rings (SSSR count). The van der Waals surface area contributed by atoms with Crippen molar-refractivity contribution in [1.82, 2.24) is 49.9 Å². The fourth-order valence-corrected chi connectivity index (χ4v) is 7.22. The molecular formula is C43H72N12O8. The van der Waals surface area contributed by atoms with Gasteiger partial charge in [0.15, 0.2) is 5.69 Å². The van der Waals surface area contributed by atoms with E-state index in [-0.39, 0.29) is 59.9 Å². The number of carbonyl (C=O) groups excluding carboxylic acids is 4. The Balaban J connectivity index is 0.000000234. The number of aryl methyl sites for hydroxylation is 3. The number of imidazole rings is 3. The molecule has 63 heavy (non-hydrogen) atoms. The maximum Gasteiger partial charge on any atom is 0.407 e. The molecule has 9 N–H and O–H groups in total. The summed E-state index contributed by atoms with van der Waals surface area (Å²) in [6.45, 7) is 11.1. The van der Waals surface area contributed by atoms with E-state index >= 15 is 0 Å². The number of amides is 4. The maximum atomic E-state index is 12.1. The van der Waals surface area contributed by atoms with Gasteiger partial charge < -0.3 is 61.0 Å². The summed E-state index contributed by atoms with van der Waals surface area (Å²) in [6, 6.07) is 0.897. The van der Waals surface area contributed by atoms with E-state index in [4.69, 9.17) is 26.0 Å². The quantitative estimate of drug-likeness (QED) is 0.175. The van der Waals surface area contributed by atoms with Gasteiger partial charge in [-0.3, -0.25) is 9.59 Å². The summed E-state index contributed by atoms with van der Waals surface area (Å²) in [5.74, 6) is -1.26. The zero-order chi connectivity index (χ0) is 46.9. The van der Waals surface area contributed by atoms with E-state index in [1.807, 2.05) is 55.6 Å². The highest BCUT2D eigenvalue weighted by molar-refractivity contribution is 5.92. The van der Waals surface area contributed by atoms with Crippen molar-refractivity contribution in [2.75, 3.05) is 0 Å². The van der Waals surface area contributed by atoms with E-state index < -0.39 is 23.3 Å². The van der Waals surface area contributed by atoms with Crippen molar-refractivity contribution in [3.05, 3.63) is 54.7 Å². The second kappa shape index (κ2) is 24.4. The molecule has 6 atom stereocenters. The number of alkyl carbamates (subject to hydrolysis) is 2. The number of hydrogen-bond donors (Lipinski definition) is 7. The van der Waals surface area contributed by atoms with Crippen LogP contribution < -0.4 is 32.7 Å². The first-order chi connectivity index (χ1) is 29.4. The summed E-state index contributed by atoms with van der Waals surface area (Å²) in [4.78, 5) is 69.0. The smallest absolute Gasteiger partial charge is 0.407 e. The average Bonchev–Trinajstić information content (AvgIpc) is 3.92. The number of carboxylic acids is 1. The van der Waals surface area contributed by atoms with Gasteiger partial charge in [-0.2, -0.15) is 0 Å². The van der Waals surface area contributed by atoms with E-state index in [0.29, 0.717) is 17.8 Å². The molecule has 3 aliphatic carbocycles. The molecule has 0 spiro atoms. The molecule has 0 unspecified atom stereocenters. The normalized spacial score (nSPS) is 22.1. The number of rotatable bonds is 7. The van der Waals surface area contributed by atoms with Gasteiger partial charge in [0.25, 0.3) is 11.8 Å². The van der Waals surface area contributed by atoms with Gasteiger partial charge >= 0.3 is 18.2 Å². The molecule has 0 aromatic carbocycles. The molecule has 352 valence electrons. The van der Waals surface area contributed by atoms with Crippen LogP contribution in [0.15, 0.2) is 37.6 Å². The van der Waals surface area contributed by atoms with Gasteiger partial charge in [-0.25, -0.2) is 29.3 Å². The number of nitrogens with one attached hydrogen (secondary N) is 4. The molecule has 20 nitrogen and oxygen atoms in total. The molecule has 3 aliphatic rings. The number of aromatic carboxylic acids is 1. The molecule has 0 aliphatic heterocycles. The van der Waals surface area contributed by atoms with E-state index in [2.05, 4.69) is 36.2 Å². The number of ether oxygens (including phenoxy) is 2.